The molecule has 0 aliphatic heterocycles. The van der Waals surface area contributed by atoms with Gasteiger partial charge in [-0.2, -0.15) is 42.1 Å². The molecule has 1 aliphatic rings. The largest absolute Gasteiger partial charge is 0.417 e. The number of rotatable bonds is 8. The van der Waals surface area contributed by atoms with Crippen LogP contribution in [0.15, 0.2) is 200 Å². The van der Waals surface area contributed by atoms with Crippen LogP contribution in [0.25, 0.3) is 134 Å². The van der Waals surface area contributed by atoms with Crippen LogP contribution in [0.1, 0.15) is 50.4 Å². The number of alkyl halides is 6. The topological polar surface area (TPSA) is 102 Å². The highest BCUT2D eigenvalue weighted by Gasteiger charge is 2.43. The molecule has 438 valence electrons. The van der Waals surface area contributed by atoms with Gasteiger partial charge >= 0.3 is 12.4 Å². The van der Waals surface area contributed by atoms with Gasteiger partial charge in [-0.25, -0.2) is 29.1 Å². The minimum absolute atomic E-state index is 0.0151. The van der Waals surface area contributed by atoms with Crippen molar-refractivity contribution in [2.45, 2.75) is 18.3 Å². The Morgan fingerprint density at radius 3 is 1.31 bits per heavy atom. The molecule has 0 fully saturated rings. The van der Waals surface area contributed by atoms with E-state index in [4.69, 9.17) is 39.4 Å². The smallest absolute Gasteiger partial charge is 0.309 e. The normalized spacial score (nSPS) is 12.2. The summed E-state index contributed by atoms with van der Waals surface area (Å²) in [6.07, 6.45) is -10.7. The van der Waals surface area contributed by atoms with E-state index in [2.05, 4.69) is 47.3 Å². The van der Waals surface area contributed by atoms with Gasteiger partial charge in [0.1, 0.15) is 0 Å². The number of halogens is 6. The Kier molecular flexibility index (Phi) is 14.5. The molecule has 1 unspecified atom stereocenters. The van der Waals surface area contributed by atoms with Gasteiger partial charge in [0.2, 0.25) is 0 Å². The molecule has 0 N–H and O–H groups in total. The third kappa shape index (κ3) is 9.79. The van der Waals surface area contributed by atoms with Crippen molar-refractivity contribution in [3.8, 4) is 102 Å². The van der Waals surface area contributed by atoms with E-state index in [0.29, 0.717) is 112 Å². The Morgan fingerprint density at radius 2 is 0.809 bits per heavy atom. The van der Waals surface area contributed by atoms with Crippen molar-refractivity contribution in [1.82, 2.24) is 4.57 Å². The van der Waals surface area contributed by atoms with E-state index < -0.39 is 40.5 Å². The highest BCUT2D eigenvalue weighted by atomic mass is 19.4. The zero-order chi connectivity index (χ0) is 65.9. The summed E-state index contributed by atoms with van der Waals surface area (Å²) in [7, 11) is 0. The molecule has 11 aromatic carbocycles. The lowest BCUT2D eigenvalue weighted by Gasteiger charge is -2.27. The van der Waals surface area contributed by atoms with Crippen LogP contribution in [0.4, 0.5) is 60.5 Å². The average Bonchev–Trinajstić information content (AvgIpc) is 1.41. The molecule has 13 rings (SSSR count). The summed E-state index contributed by atoms with van der Waals surface area (Å²) in [5.74, 6) is -0.937. The fourth-order valence-corrected chi connectivity index (χ4v) is 13.0. The third-order valence-corrected chi connectivity index (χ3v) is 17.0. The quantitative estimate of drug-likeness (QED) is 0.112. The Bertz CT molecular complexity index is 5460. The molecule has 0 amide bonds. The van der Waals surface area contributed by atoms with Crippen molar-refractivity contribution in [3.05, 3.63) is 313 Å². The van der Waals surface area contributed by atoms with Crippen LogP contribution in [0.3, 0.4) is 0 Å². The lowest BCUT2D eigenvalue weighted by atomic mass is 9.80. The van der Waals surface area contributed by atoms with E-state index in [1.807, 2.05) is 24.3 Å². The molecule has 94 heavy (non-hydrogen) atoms. The van der Waals surface area contributed by atoms with Crippen molar-refractivity contribution in [2.75, 3.05) is 0 Å². The number of fused-ring (bicyclic) bond motifs is 6. The molecule has 0 radical (unpaired) electrons. The van der Waals surface area contributed by atoms with Crippen LogP contribution in [0, 0.1) is 73.4 Å². The summed E-state index contributed by atoms with van der Waals surface area (Å²) in [4.78, 5) is 22.3. The summed E-state index contributed by atoms with van der Waals surface area (Å²) in [5, 5.41) is 31.0. The Hall–Kier alpha value is -13.8. The second kappa shape index (κ2) is 23.0. The molecule has 0 saturated heterocycles. The van der Waals surface area contributed by atoms with Crippen LogP contribution in [-0.2, 0) is 12.4 Å². The number of nitriles is 3. The minimum atomic E-state index is -5.37. The predicted octanol–water partition coefficient (Wildman–Crippen LogP) is 22.9. The molecule has 1 heterocycles. The number of hydrogen-bond donors (Lipinski definition) is 0. The maximum absolute atomic E-state index is 15.9. The predicted molar refractivity (Wildman–Crippen MR) is 348 cm³/mol. The third-order valence-electron chi connectivity index (χ3n) is 17.0. The zero-order valence-corrected chi connectivity index (χ0v) is 48.4. The number of aromatic nitrogens is 1. The summed E-state index contributed by atoms with van der Waals surface area (Å²) < 4.78 is 97.2. The molecule has 16 heteroatoms. The van der Waals surface area contributed by atoms with Crippen LogP contribution in [0.5, 0.6) is 0 Å². The second-order valence-electron chi connectivity index (χ2n) is 21.9. The lowest BCUT2D eigenvalue weighted by Crippen LogP contribution is -2.15. The van der Waals surface area contributed by atoms with Gasteiger partial charge in [0.05, 0.1) is 85.5 Å². The molecule has 1 aliphatic carbocycles. The molecule has 12 aromatic rings. The van der Waals surface area contributed by atoms with Crippen molar-refractivity contribution >= 4 is 55.9 Å². The molecule has 1 atom stereocenters. The first kappa shape index (κ1) is 59.2. The van der Waals surface area contributed by atoms with Gasteiger partial charge < -0.3 is 4.57 Å². The number of hydrogen-bond acceptors (Lipinski definition) is 3. The summed E-state index contributed by atoms with van der Waals surface area (Å²) >= 11 is 0. The van der Waals surface area contributed by atoms with Gasteiger partial charge in [-0.3, -0.25) is 0 Å². The van der Waals surface area contributed by atoms with Gasteiger partial charge in [-0.1, -0.05) is 115 Å². The van der Waals surface area contributed by atoms with E-state index in [9.17, 15) is 15.8 Å². The number of benzene rings is 11. The van der Waals surface area contributed by atoms with Gasteiger partial charge in [0.25, 0.3) is 0 Å². The van der Waals surface area contributed by atoms with Crippen molar-refractivity contribution in [3.63, 3.8) is 0 Å². The fourth-order valence-electron chi connectivity index (χ4n) is 13.0. The van der Waals surface area contributed by atoms with E-state index in [0.717, 1.165) is 0 Å². The standard InChI is InChI=1S/C78H34F6N10/c1-88-50-22-28-52(49(34-50)42-87)45-20-30-70-62(37-45)63-38-48(54-25-17-44(41-86)33-68(54)92-5)21-31-71(63)94(70)72-15-8-11-59(74-64(77(79,80)81)12-9-13-65(74)78(82,83)84)76(72)75-58(10-7-14-66(75)90-3)73-56-26-18-46(53-24-16-43(40-85)32-67(53)91-4)35-60(56)61-36-47(19-27-57(61)73)55-29-23-51(89-2)39-69(55)93-6/h7-39,73H. The second-order valence-corrected chi connectivity index (χ2v) is 21.9. The molecular formula is C78H34F6N10. The Morgan fingerprint density at radius 1 is 0.351 bits per heavy atom. The van der Waals surface area contributed by atoms with E-state index in [1.165, 1.54) is 42.5 Å². The average molecular weight is 1230 g/mol. The SMILES string of the molecule is [C-]#[N+]c1ccc(-c2ccc3c(c2)c2cc(-c4ccc(C#N)cc4[N+]#[C-])ccc2n3-c2cccc(-c3c(C(F)(F)F)cccc3C(F)(F)F)c2-c2c([N+]#[C-])cccc2C2c3ccc(-c4ccc(C#N)cc4[N+]#[C-])cc3-c3cc(-c4ccc([N+]#[C-])cc4[N+]#[C-])ccc32)c(C#N)c1. The fraction of sp³-hybridized carbons (Fsp3) is 0.0385. The molecule has 0 bridgehead atoms. The summed E-state index contributed by atoms with van der Waals surface area (Å²) in [6, 6.07) is 57.1. The lowest BCUT2D eigenvalue weighted by molar-refractivity contribution is -0.142. The summed E-state index contributed by atoms with van der Waals surface area (Å²) in [6.45, 7) is 48.6. The zero-order valence-electron chi connectivity index (χ0n) is 48.4. The first-order valence-corrected chi connectivity index (χ1v) is 28.4. The number of nitrogens with zero attached hydrogens (tertiary/aromatic N) is 10. The monoisotopic (exact) mass is 1220 g/mol. The Labute approximate surface area is 533 Å². The molecular weight excluding hydrogens is 1190 g/mol. The molecule has 0 saturated carbocycles. The van der Waals surface area contributed by atoms with Gasteiger partial charge in [-0.15, -0.1) is 0 Å². The molecule has 0 spiro atoms. The van der Waals surface area contributed by atoms with Crippen LogP contribution in [-0.4, -0.2) is 4.57 Å². The van der Waals surface area contributed by atoms with Gasteiger partial charge in [0, 0.05) is 44.5 Å². The van der Waals surface area contributed by atoms with E-state index in [-0.39, 0.29) is 67.6 Å². The molecule has 10 nitrogen and oxygen atoms in total. The van der Waals surface area contributed by atoms with E-state index in [1.54, 1.807) is 120 Å². The van der Waals surface area contributed by atoms with Crippen molar-refractivity contribution in [1.29, 1.82) is 15.8 Å². The maximum atomic E-state index is 15.9. The highest BCUT2D eigenvalue weighted by Crippen LogP contribution is 2.58. The maximum Gasteiger partial charge on any atom is 0.417 e. The first-order valence-electron chi connectivity index (χ1n) is 28.4. The van der Waals surface area contributed by atoms with Crippen LogP contribution in [0.2, 0.25) is 0 Å². The van der Waals surface area contributed by atoms with Crippen molar-refractivity contribution in [2.24, 2.45) is 0 Å². The van der Waals surface area contributed by atoms with Gasteiger partial charge in [-0.05, 0) is 168 Å². The van der Waals surface area contributed by atoms with Crippen LogP contribution < -0.4 is 0 Å². The van der Waals surface area contributed by atoms with Crippen LogP contribution >= 0.6 is 0 Å². The van der Waals surface area contributed by atoms with Gasteiger partial charge in [0.15, 0.2) is 34.1 Å². The Balaban J connectivity index is 1.16. The molecule has 1 aromatic heterocycles. The minimum Gasteiger partial charge on any atom is -0.309 e. The highest BCUT2D eigenvalue weighted by molar-refractivity contribution is 6.13. The van der Waals surface area contributed by atoms with E-state index >= 15 is 26.3 Å². The van der Waals surface area contributed by atoms with Crippen molar-refractivity contribution < 1.29 is 26.3 Å². The first-order chi connectivity index (χ1) is 45.5. The summed E-state index contributed by atoms with van der Waals surface area (Å²) in [5.41, 5.74) is 3.85.